The highest BCUT2D eigenvalue weighted by Crippen LogP contribution is 2.36. The predicted octanol–water partition coefficient (Wildman–Crippen LogP) is 3.57. The number of piperidine rings is 1. The minimum atomic E-state index is -0.664. The van der Waals surface area contributed by atoms with Gasteiger partial charge in [-0.25, -0.2) is 4.79 Å². The van der Waals surface area contributed by atoms with Crippen LogP contribution in [0.25, 0.3) is 22.1 Å². The molecular formula is C30H27N3O9. The minimum Gasteiger partial charge on any atom is -0.493 e. The molecule has 2 aromatic carbocycles. The van der Waals surface area contributed by atoms with Gasteiger partial charge in [-0.05, 0) is 54.3 Å². The van der Waals surface area contributed by atoms with Gasteiger partial charge < -0.3 is 28.1 Å². The van der Waals surface area contributed by atoms with Crippen molar-refractivity contribution in [2.24, 2.45) is 5.92 Å². The van der Waals surface area contributed by atoms with Gasteiger partial charge in [-0.15, -0.1) is 0 Å². The van der Waals surface area contributed by atoms with Gasteiger partial charge in [-0.1, -0.05) is 6.07 Å². The fourth-order valence-electron chi connectivity index (χ4n) is 5.90. The average Bonchev–Trinajstić information content (AvgIpc) is 2.99. The van der Waals surface area contributed by atoms with E-state index in [2.05, 4.69) is 0 Å². The van der Waals surface area contributed by atoms with Gasteiger partial charge in [0.1, 0.15) is 11.3 Å². The smallest absolute Gasteiger partial charge is 0.344 e. The van der Waals surface area contributed by atoms with Crippen LogP contribution in [0.15, 0.2) is 68.6 Å². The molecule has 1 unspecified atom stereocenters. The van der Waals surface area contributed by atoms with Crippen LogP contribution in [-0.2, 0) is 11.3 Å². The molecule has 0 radical (unpaired) electrons. The van der Waals surface area contributed by atoms with E-state index in [0.29, 0.717) is 64.7 Å². The molecule has 2 bridgehead atoms. The molecule has 4 aromatic rings. The van der Waals surface area contributed by atoms with Crippen molar-refractivity contribution in [2.75, 3.05) is 33.9 Å². The van der Waals surface area contributed by atoms with E-state index in [1.54, 1.807) is 53.4 Å². The zero-order chi connectivity index (χ0) is 29.5. The molecule has 2 aromatic heterocycles. The number of benzene rings is 2. The first kappa shape index (κ1) is 27.1. The number of methoxy groups -OCH3 is 2. The summed E-state index contributed by atoms with van der Waals surface area (Å²) in [5.41, 5.74) is 0.424. The van der Waals surface area contributed by atoms with Crippen molar-refractivity contribution in [3.63, 3.8) is 0 Å². The molecule has 0 saturated carbocycles. The Morgan fingerprint density at radius 1 is 1.00 bits per heavy atom. The zero-order valence-electron chi connectivity index (χ0n) is 22.9. The summed E-state index contributed by atoms with van der Waals surface area (Å²) in [6.07, 6.45) is 0.802. The topological polar surface area (TPSA) is 143 Å². The molecule has 4 heterocycles. The Hall–Kier alpha value is -5.13. The summed E-state index contributed by atoms with van der Waals surface area (Å²) >= 11 is 0. The minimum absolute atomic E-state index is 0.00899. The van der Waals surface area contributed by atoms with E-state index in [4.69, 9.17) is 18.6 Å². The van der Waals surface area contributed by atoms with Crippen molar-refractivity contribution in [3.8, 4) is 28.4 Å². The third-order valence-corrected chi connectivity index (χ3v) is 7.90. The molecule has 216 valence electrons. The van der Waals surface area contributed by atoms with Crippen molar-refractivity contribution >= 4 is 22.6 Å². The van der Waals surface area contributed by atoms with Gasteiger partial charge in [0.15, 0.2) is 18.1 Å². The number of ether oxygens (including phenoxy) is 3. The molecule has 12 nitrogen and oxygen atoms in total. The van der Waals surface area contributed by atoms with E-state index in [-0.39, 0.29) is 24.3 Å². The lowest BCUT2D eigenvalue weighted by Gasteiger charge is -2.42. The first-order valence-corrected chi connectivity index (χ1v) is 13.3. The lowest BCUT2D eigenvalue weighted by atomic mass is 9.83. The van der Waals surface area contributed by atoms with E-state index in [1.807, 2.05) is 0 Å². The first-order valence-electron chi connectivity index (χ1n) is 13.3. The Morgan fingerprint density at radius 3 is 2.57 bits per heavy atom. The molecular weight excluding hydrogens is 546 g/mol. The number of nitrogens with zero attached hydrogens (tertiary/aromatic N) is 3. The number of nitro groups is 1. The predicted molar refractivity (Wildman–Crippen MR) is 151 cm³/mol. The molecule has 2 aliphatic heterocycles. The van der Waals surface area contributed by atoms with Crippen molar-refractivity contribution in [1.82, 2.24) is 9.47 Å². The number of hydrogen-bond donors (Lipinski definition) is 0. The van der Waals surface area contributed by atoms with Crippen LogP contribution in [0.3, 0.4) is 0 Å². The lowest BCUT2D eigenvalue weighted by Crippen LogP contribution is -2.50. The number of carbonyl (C=O) groups excluding carboxylic acids is 1. The van der Waals surface area contributed by atoms with E-state index in [1.165, 1.54) is 24.9 Å². The Labute approximate surface area is 238 Å². The van der Waals surface area contributed by atoms with Gasteiger partial charge in [0.2, 0.25) is 0 Å². The van der Waals surface area contributed by atoms with Crippen LogP contribution in [0.1, 0.15) is 18.0 Å². The molecule has 2 aliphatic rings. The number of likely N-dealkylation sites (tertiary alicyclic amines) is 1. The molecule has 0 aliphatic carbocycles. The summed E-state index contributed by atoms with van der Waals surface area (Å²) in [6, 6.07) is 14.8. The fraction of sp³-hybridized carbons (Fsp3) is 0.300. The van der Waals surface area contributed by atoms with Crippen LogP contribution < -0.4 is 25.4 Å². The van der Waals surface area contributed by atoms with Gasteiger partial charge in [-0.2, -0.15) is 0 Å². The van der Waals surface area contributed by atoms with Crippen molar-refractivity contribution < 1.29 is 28.3 Å². The number of hydrogen-bond acceptors (Lipinski definition) is 9. The number of rotatable bonds is 7. The van der Waals surface area contributed by atoms with Crippen molar-refractivity contribution in [1.29, 1.82) is 0 Å². The van der Waals surface area contributed by atoms with Crippen molar-refractivity contribution in [3.05, 3.63) is 91.2 Å². The quantitative estimate of drug-likeness (QED) is 0.184. The van der Waals surface area contributed by atoms with Crippen LogP contribution in [0.5, 0.6) is 17.2 Å². The van der Waals surface area contributed by atoms with E-state index in [0.717, 1.165) is 6.42 Å². The van der Waals surface area contributed by atoms with E-state index in [9.17, 15) is 24.5 Å². The molecule has 0 spiro atoms. The molecule has 6 rings (SSSR count). The fourth-order valence-corrected chi connectivity index (χ4v) is 5.90. The highest BCUT2D eigenvalue weighted by atomic mass is 16.6. The highest BCUT2D eigenvalue weighted by molar-refractivity contribution is 5.83. The number of aromatic nitrogens is 1. The summed E-state index contributed by atoms with van der Waals surface area (Å²) in [6.45, 7) is 0.929. The average molecular weight is 574 g/mol. The second-order valence-corrected chi connectivity index (χ2v) is 10.4. The van der Waals surface area contributed by atoms with E-state index < -0.39 is 21.8 Å². The maximum Gasteiger partial charge on any atom is 0.344 e. The third-order valence-electron chi connectivity index (χ3n) is 7.90. The Morgan fingerprint density at radius 2 is 1.81 bits per heavy atom. The SMILES string of the molecule is COc1ccc(-c2cc3ccc(OCC(=O)N4CC5C[C@@H](C4)Cn4c5ccc([N+](=O)[O-])c4=O)cc3oc2=O)cc1OC. The standard InChI is InChI=1S/C30H27N3O9/c1-39-25-8-4-18(11-27(25)40-2)22-10-19-3-5-21(12-26(19)42-30(22)36)41-16-28(34)31-13-17-9-20(15-31)23-6-7-24(33(37)38)29(35)32(23)14-17/h3-8,10-12,17,20H,9,13-16H2,1-2H3/t17-,20?/m0/s1. The number of carbonyl (C=O) groups is 1. The Kier molecular flexibility index (Phi) is 6.89. The highest BCUT2D eigenvalue weighted by Gasteiger charge is 2.37. The van der Waals surface area contributed by atoms with Gasteiger partial charge in [0.05, 0.1) is 24.7 Å². The van der Waals surface area contributed by atoms with E-state index >= 15 is 0 Å². The summed E-state index contributed by atoms with van der Waals surface area (Å²) in [5.74, 6) is 1.11. The largest absolute Gasteiger partial charge is 0.493 e. The number of fused-ring (bicyclic) bond motifs is 5. The van der Waals surface area contributed by atoms with Crippen LogP contribution in [0, 0.1) is 16.0 Å². The molecule has 2 atom stereocenters. The molecule has 0 N–H and O–H groups in total. The normalized spacial score (nSPS) is 17.4. The second-order valence-electron chi connectivity index (χ2n) is 10.4. The lowest BCUT2D eigenvalue weighted by molar-refractivity contribution is -0.386. The van der Waals surface area contributed by atoms with Crippen LogP contribution in [0.2, 0.25) is 0 Å². The van der Waals surface area contributed by atoms with Crippen molar-refractivity contribution in [2.45, 2.75) is 18.9 Å². The Balaban J connectivity index is 1.15. The van der Waals surface area contributed by atoms with Crippen LogP contribution in [0.4, 0.5) is 5.69 Å². The number of pyridine rings is 1. The van der Waals surface area contributed by atoms with Gasteiger partial charge in [0, 0.05) is 48.8 Å². The summed E-state index contributed by atoms with van der Waals surface area (Å²) < 4.78 is 23.5. The maximum atomic E-state index is 13.1. The summed E-state index contributed by atoms with van der Waals surface area (Å²) in [7, 11) is 3.05. The van der Waals surface area contributed by atoms with Gasteiger partial charge in [0.25, 0.3) is 5.91 Å². The zero-order valence-corrected chi connectivity index (χ0v) is 22.9. The Bertz CT molecular complexity index is 1840. The molecule has 12 heteroatoms. The van der Waals surface area contributed by atoms with Crippen LogP contribution >= 0.6 is 0 Å². The van der Waals surface area contributed by atoms with Gasteiger partial charge in [-0.3, -0.25) is 19.7 Å². The van der Waals surface area contributed by atoms with Crippen LogP contribution in [-0.4, -0.2) is 54.2 Å². The summed E-state index contributed by atoms with van der Waals surface area (Å²) in [4.78, 5) is 50.8. The van der Waals surface area contributed by atoms with Gasteiger partial charge >= 0.3 is 16.9 Å². The first-order chi connectivity index (χ1) is 20.2. The molecule has 1 saturated heterocycles. The maximum absolute atomic E-state index is 13.1. The number of amides is 1. The summed E-state index contributed by atoms with van der Waals surface area (Å²) in [5, 5.41) is 11.9. The molecule has 1 fully saturated rings. The second kappa shape index (κ2) is 10.7. The molecule has 1 amide bonds. The monoisotopic (exact) mass is 573 g/mol. The molecule has 42 heavy (non-hydrogen) atoms. The third kappa shape index (κ3) is 4.84.